The van der Waals surface area contributed by atoms with Crippen molar-refractivity contribution in [3.63, 3.8) is 0 Å². The van der Waals surface area contributed by atoms with Crippen molar-refractivity contribution < 1.29 is 13.9 Å². The molecule has 2 aliphatic rings. The number of aromatic nitrogens is 1. The number of nitrogens with one attached hydrogen (secondary N) is 2. The Bertz CT molecular complexity index is 1230. The Morgan fingerprint density at radius 3 is 2.40 bits per heavy atom. The van der Waals surface area contributed by atoms with E-state index in [0.29, 0.717) is 36.0 Å². The Balaban J connectivity index is 0.00000237. The molecule has 2 fully saturated rings. The van der Waals surface area contributed by atoms with Gasteiger partial charge in [-0.05, 0) is 62.7 Å². The summed E-state index contributed by atoms with van der Waals surface area (Å²) in [5.74, 6) is -0.639. The van der Waals surface area contributed by atoms with E-state index in [1.807, 2.05) is 26.0 Å². The Morgan fingerprint density at radius 1 is 1.12 bits per heavy atom. The van der Waals surface area contributed by atoms with E-state index in [1.165, 1.54) is 0 Å². The highest BCUT2D eigenvalue weighted by atomic mass is 16.5. The number of fused-ring (bicyclic) bond motifs is 1. The van der Waals surface area contributed by atoms with Crippen molar-refractivity contribution >= 4 is 22.7 Å². The molecule has 3 heterocycles. The largest absolute Gasteiger partial charge is 0.441 e. The fourth-order valence-corrected chi connectivity index (χ4v) is 5.36. The molecule has 42 heavy (non-hydrogen) atoms. The molecule has 1 aromatic carbocycles. The van der Waals surface area contributed by atoms with Gasteiger partial charge in [0.05, 0.1) is 24.7 Å². The van der Waals surface area contributed by atoms with Crippen LogP contribution >= 0.6 is 0 Å². The number of hydrogen-bond donors (Lipinski definition) is 2. The summed E-state index contributed by atoms with van der Waals surface area (Å²) in [6.07, 6.45) is 4.55. The SMILES string of the molecule is CC.CCC(C)(C)CCC(Nc1nc(=O)oc2ccccc12)C(=O)NC1(C#N)CCN(CCCN2CCOCC2)CC1. The third-order valence-electron chi connectivity index (χ3n) is 8.58. The Hall–Kier alpha value is -3.00. The van der Waals surface area contributed by atoms with Crippen LogP contribution in [0.15, 0.2) is 33.5 Å². The second-order valence-corrected chi connectivity index (χ2v) is 11.9. The monoisotopic (exact) mass is 582 g/mol. The van der Waals surface area contributed by atoms with E-state index in [1.54, 1.807) is 12.1 Å². The molecule has 0 saturated carbocycles. The smallest absolute Gasteiger partial charge is 0.408 e. The van der Waals surface area contributed by atoms with E-state index in [0.717, 1.165) is 71.7 Å². The molecule has 2 aromatic rings. The van der Waals surface area contributed by atoms with Gasteiger partial charge in [-0.1, -0.05) is 53.2 Å². The van der Waals surface area contributed by atoms with Crippen LogP contribution in [0.4, 0.5) is 5.82 Å². The number of morpholine rings is 1. The number of nitrogens with zero attached hydrogens (tertiary/aromatic N) is 4. The lowest BCUT2D eigenvalue weighted by Crippen LogP contribution is -2.57. The number of piperidine rings is 1. The molecule has 1 unspecified atom stereocenters. The molecule has 2 saturated heterocycles. The number of hydrogen-bond acceptors (Lipinski definition) is 9. The minimum Gasteiger partial charge on any atom is -0.408 e. The summed E-state index contributed by atoms with van der Waals surface area (Å²) < 4.78 is 10.7. The van der Waals surface area contributed by atoms with Gasteiger partial charge in [0.15, 0.2) is 0 Å². The van der Waals surface area contributed by atoms with E-state index < -0.39 is 17.3 Å². The number of para-hydroxylation sites is 1. The highest BCUT2D eigenvalue weighted by molar-refractivity contribution is 5.91. The second-order valence-electron chi connectivity index (χ2n) is 11.9. The van der Waals surface area contributed by atoms with Crippen molar-refractivity contribution in [3.8, 4) is 6.07 Å². The predicted molar refractivity (Wildman–Crippen MR) is 166 cm³/mol. The van der Waals surface area contributed by atoms with E-state index in [4.69, 9.17) is 9.15 Å². The molecule has 10 nitrogen and oxygen atoms in total. The lowest BCUT2D eigenvalue weighted by atomic mass is 9.83. The maximum Gasteiger partial charge on any atom is 0.441 e. The standard InChI is InChI=1S/C30H44N6O4.C2H6/c1-4-29(2,3)11-10-24(32-26-23-8-5-6-9-25(23)40-28(38)33-26)27(37)34-30(22-31)12-16-35(17-13-30)14-7-15-36-18-20-39-21-19-36;1-2/h5-6,8-9,24H,4,7,10-21H2,1-3H3,(H,34,37)(H,32,33,38);1-2H3. The molecule has 4 rings (SSSR count). The van der Waals surface area contributed by atoms with Crippen LogP contribution in [0, 0.1) is 16.7 Å². The summed E-state index contributed by atoms with van der Waals surface area (Å²) in [6, 6.07) is 8.92. The molecule has 2 aliphatic heterocycles. The second kappa shape index (κ2) is 16.0. The number of amides is 1. The third kappa shape index (κ3) is 9.51. The quantitative estimate of drug-likeness (QED) is 0.375. The van der Waals surface area contributed by atoms with Crippen molar-refractivity contribution in [1.82, 2.24) is 20.1 Å². The summed E-state index contributed by atoms with van der Waals surface area (Å²) in [6.45, 7) is 17.7. The molecule has 0 spiro atoms. The van der Waals surface area contributed by atoms with Gasteiger partial charge in [-0.3, -0.25) is 9.69 Å². The lowest BCUT2D eigenvalue weighted by Gasteiger charge is -2.39. The van der Waals surface area contributed by atoms with Crippen molar-refractivity contribution in [1.29, 1.82) is 5.26 Å². The molecule has 232 valence electrons. The van der Waals surface area contributed by atoms with Crippen LogP contribution in [0.25, 0.3) is 11.0 Å². The Labute approximate surface area is 250 Å². The summed E-state index contributed by atoms with van der Waals surface area (Å²) >= 11 is 0. The maximum absolute atomic E-state index is 13.8. The van der Waals surface area contributed by atoms with Gasteiger partial charge in [-0.15, -0.1) is 0 Å². The van der Waals surface area contributed by atoms with Gasteiger partial charge < -0.3 is 24.7 Å². The average Bonchev–Trinajstić information content (AvgIpc) is 3.01. The van der Waals surface area contributed by atoms with Crippen molar-refractivity contribution in [2.45, 2.75) is 84.7 Å². The fourth-order valence-electron chi connectivity index (χ4n) is 5.36. The molecule has 0 radical (unpaired) electrons. The van der Waals surface area contributed by atoms with Crippen molar-refractivity contribution in [2.75, 3.05) is 57.8 Å². The fraction of sp³-hybridized carbons (Fsp3) is 0.688. The molecule has 2 N–H and O–H groups in total. The molecular weight excluding hydrogens is 532 g/mol. The first-order valence-corrected chi connectivity index (χ1v) is 15.6. The highest BCUT2D eigenvalue weighted by Gasteiger charge is 2.38. The Morgan fingerprint density at radius 2 is 1.76 bits per heavy atom. The molecule has 1 atom stereocenters. The van der Waals surface area contributed by atoms with Crippen LogP contribution in [0.5, 0.6) is 0 Å². The topological polar surface area (TPSA) is 124 Å². The Kier molecular flexibility index (Phi) is 12.8. The number of carbonyl (C=O) groups excluding carboxylic acids is 1. The van der Waals surface area contributed by atoms with E-state index >= 15 is 0 Å². The zero-order valence-electron chi connectivity index (χ0n) is 26.2. The third-order valence-corrected chi connectivity index (χ3v) is 8.58. The van der Waals surface area contributed by atoms with Gasteiger partial charge in [-0.2, -0.15) is 10.2 Å². The van der Waals surface area contributed by atoms with Crippen LogP contribution in [-0.2, 0) is 9.53 Å². The number of carbonyl (C=O) groups is 1. The average molecular weight is 583 g/mol. The summed E-state index contributed by atoms with van der Waals surface area (Å²) in [7, 11) is 0. The van der Waals surface area contributed by atoms with Crippen molar-refractivity contribution in [2.24, 2.45) is 5.41 Å². The molecule has 0 bridgehead atoms. The zero-order chi connectivity index (χ0) is 30.6. The molecule has 1 aromatic heterocycles. The van der Waals surface area contributed by atoms with E-state index in [2.05, 4.69) is 52.3 Å². The number of ether oxygens (including phenoxy) is 1. The van der Waals surface area contributed by atoms with E-state index in [-0.39, 0.29) is 11.3 Å². The normalized spacial score (nSPS) is 18.4. The van der Waals surface area contributed by atoms with Gasteiger partial charge in [0.2, 0.25) is 5.91 Å². The van der Waals surface area contributed by atoms with Crippen LogP contribution in [0.3, 0.4) is 0 Å². The molecule has 1 amide bonds. The minimum atomic E-state index is -0.913. The highest BCUT2D eigenvalue weighted by Crippen LogP contribution is 2.29. The number of benzene rings is 1. The van der Waals surface area contributed by atoms with Crippen molar-refractivity contribution in [3.05, 3.63) is 34.8 Å². The van der Waals surface area contributed by atoms with Gasteiger partial charge in [-0.25, -0.2) is 4.79 Å². The number of anilines is 1. The first kappa shape index (κ1) is 33.5. The van der Waals surface area contributed by atoms with Crippen LogP contribution in [0.1, 0.15) is 73.1 Å². The summed E-state index contributed by atoms with van der Waals surface area (Å²) in [4.78, 5) is 34.8. The van der Waals surface area contributed by atoms with Gasteiger partial charge >= 0.3 is 5.76 Å². The van der Waals surface area contributed by atoms with Crippen LogP contribution < -0.4 is 16.4 Å². The number of likely N-dealkylation sites (tertiary alicyclic amines) is 1. The molecule has 0 aliphatic carbocycles. The first-order valence-electron chi connectivity index (χ1n) is 15.6. The number of nitriles is 1. The number of rotatable bonds is 12. The summed E-state index contributed by atoms with van der Waals surface area (Å²) in [5.41, 5.74) is -0.457. The van der Waals surface area contributed by atoms with Gasteiger partial charge in [0.1, 0.15) is 23.0 Å². The zero-order valence-corrected chi connectivity index (χ0v) is 26.2. The van der Waals surface area contributed by atoms with Gasteiger partial charge in [0, 0.05) is 26.2 Å². The first-order chi connectivity index (χ1) is 20.2. The van der Waals surface area contributed by atoms with Crippen LogP contribution in [-0.4, -0.2) is 84.8 Å². The minimum absolute atomic E-state index is 0.0465. The van der Waals surface area contributed by atoms with Crippen LogP contribution in [0.2, 0.25) is 0 Å². The lowest BCUT2D eigenvalue weighted by molar-refractivity contribution is -0.124. The predicted octanol–water partition coefficient (Wildman–Crippen LogP) is 4.41. The summed E-state index contributed by atoms with van der Waals surface area (Å²) in [5, 5.41) is 17.2. The molecular formula is C32H50N6O4. The van der Waals surface area contributed by atoms with E-state index in [9.17, 15) is 14.9 Å². The molecule has 10 heteroatoms. The maximum atomic E-state index is 13.8. The van der Waals surface area contributed by atoms with Gasteiger partial charge in [0.25, 0.3) is 0 Å².